The van der Waals surface area contributed by atoms with Gasteiger partial charge in [-0.15, -0.1) is 0 Å². The number of nitrogens with zero attached hydrogens (tertiary/aromatic N) is 1. The van der Waals surface area contributed by atoms with Crippen molar-refractivity contribution in [1.29, 1.82) is 0 Å². The highest BCUT2D eigenvalue weighted by Crippen LogP contribution is 2.41. The third-order valence-corrected chi connectivity index (χ3v) is 6.37. The summed E-state index contributed by atoms with van der Waals surface area (Å²) in [4.78, 5) is 28.1. The van der Waals surface area contributed by atoms with Crippen LogP contribution >= 0.6 is 0 Å². The molecule has 5 rings (SSSR count). The summed E-state index contributed by atoms with van der Waals surface area (Å²) in [5.41, 5.74) is 1.01. The van der Waals surface area contributed by atoms with Crippen molar-refractivity contribution in [2.24, 2.45) is 0 Å². The van der Waals surface area contributed by atoms with Gasteiger partial charge in [0, 0.05) is 11.6 Å². The largest absolute Gasteiger partial charge is 0.497 e. The summed E-state index contributed by atoms with van der Waals surface area (Å²) in [5.74, 6) is -0.155. The van der Waals surface area contributed by atoms with Gasteiger partial charge >= 0.3 is 6.03 Å². The number of anilines is 2. The molecule has 0 saturated carbocycles. The molecule has 1 aliphatic carbocycles. The predicted molar refractivity (Wildman–Crippen MR) is 125 cm³/mol. The highest BCUT2D eigenvalue weighted by molar-refractivity contribution is 6.12. The molecule has 3 aromatic carbocycles. The molecule has 2 aliphatic rings. The molecule has 0 unspecified atom stereocenters. The van der Waals surface area contributed by atoms with E-state index in [0.29, 0.717) is 22.7 Å². The topological polar surface area (TPSA) is 90.9 Å². The van der Waals surface area contributed by atoms with Crippen LogP contribution < -0.4 is 20.3 Å². The first kappa shape index (κ1) is 21.0. The third kappa shape index (κ3) is 3.50. The second-order valence-corrected chi connectivity index (χ2v) is 8.30. The zero-order valence-electron chi connectivity index (χ0n) is 18.2. The fraction of sp³-hybridized carbons (Fsp3) is 0.231. The molecule has 33 heavy (non-hydrogen) atoms. The molecular formula is C26H25N3O4. The molecule has 0 fully saturated rings. The van der Waals surface area contributed by atoms with Crippen LogP contribution in [0, 0.1) is 0 Å². The van der Waals surface area contributed by atoms with Gasteiger partial charge in [0.25, 0.3) is 11.6 Å². The zero-order valence-corrected chi connectivity index (χ0v) is 18.2. The molecule has 7 heteroatoms. The number of urea groups is 1. The molecule has 0 saturated heterocycles. The fourth-order valence-corrected chi connectivity index (χ4v) is 4.77. The number of nitrogens with one attached hydrogen (secondary N) is 2. The Morgan fingerprint density at radius 1 is 1.12 bits per heavy atom. The van der Waals surface area contributed by atoms with Gasteiger partial charge in [-0.2, -0.15) is 0 Å². The second-order valence-electron chi connectivity index (χ2n) is 8.30. The van der Waals surface area contributed by atoms with Gasteiger partial charge in [-0.05, 0) is 48.6 Å². The summed E-state index contributed by atoms with van der Waals surface area (Å²) in [7, 11) is 1.52. The van der Waals surface area contributed by atoms with E-state index in [9.17, 15) is 14.7 Å². The van der Waals surface area contributed by atoms with Crippen LogP contribution in [-0.2, 0) is 16.9 Å². The average Bonchev–Trinajstić information content (AvgIpc) is 2.84. The van der Waals surface area contributed by atoms with Crippen LogP contribution in [-0.4, -0.2) is 24.2 Å². The molecule has 2 atom stereocenters. The SMILES string of the molecule is COc1cccc(N2C(=O)Nc3ccccc3[C@@]2(O)C(=O)N[C@@H]2CCCc3ccccc32)c1. The predicted octanol–water partition coefficient (Wildman–Crippen LogP) is 4.09. The van der Waals surface area contributed by atoms with E-state index in [1.54, 1.807) is 48.5 Å². The van der Waals surface area contributed by atoms with Crippen LogP contribution in [0.1, 0.15) is 35.6 Å². The number of fused-ring (bicyclic) bond motifs is 2. The first-order valence-electron chi connectivity index (χ1n) is 11.0. The van der Waals surface area contributed by atoms with E-state index in [1.165, 1.54) is 12.7 Å². The number of aliphatic hydroxyl groups is 1. The Morgan fingerprint density at radius 3 is 2.76 bits per heavy atom. The highest BCUT2D eigenvalue weighted by atomic mass is 16.5. The first-order valence-corrected chi connectivity index (χ1v) is 11.0. The minimum absolute atomic E-state index is 0.254. The molecule has 3 amide bonds. The van der Waals surface area contributed by atoms with Gasteiger partial charge < -0.3 is 20.5 Å². The summed E-state index contributed by atoms with van der Waals surface area (Å²) in [5, 5.41) is 17.8. The number of hydrogen-bond acceptors (Lipinski definition) is 4. The van der Waals surface area contributed by atoms with Crippen LogP contribution in [0.5, 0.6) is 5.75 Å². The van der Waals surface area contributed by atoms with Crippen LogP contribution in [0.15, 0.2) is 72.8 Å². The maximum atomic E-state index is 13.8. The van der Waals surface area contributed by atoms with Crippen molar-refractivity contribution in [1.82, 2.24) is 5.32 Å². The van der Waals surface area contributed by atoms with E-state index < -0.39 is 17.7 Å². The van der Waals surface area contributed by atoms with E-state index in [-0.39, 0.29) is 6.04 Å². The van der Waals surface area contributed by atoms with Crippen molar-refractivity contribution in [2.45, 2.75) is 31.0 Å². The monoisotopic (exact) mass is 443 g/mol. The van der Waals surface area contributed by atoms with Gasteiger partial charge in [0.05, 0.1) is 24.5 Å². The summed E-state index contributed by atoms with van der Waals surface area (Å²) >= 11 is 0. The molecule has 3 N–H and O–H groups in total. The number of carbonyl (C=O) groups is 2. The minimum atomic E-state index is -2.25. The number of carbonyl (C=O) groups excluding carboxylic acids is 2. The summed E-state index contributed by atoms with van der Waals surface area (Å²) in [6.45, 7) is 0. The van der Waals surface area contributed by atoms with Gasteiger partial charge in [0.1, 0.15) is 5.75 Å². The summed E-state index contributed by atoms with van der Waals surface area (Å²) in [6, 6.07) is 20.6. The van der Waals surface area contributed by atoms with Crippen molar-refractivity contribution >= 4 is 23.3 Å². The van der Waals surface area contributed by atoms with E-state index in [0.717, 1.165) is 29.7 Å². The molecule has 1 heterocycles. The van der Waals surface area contributed by atoms with E-state index in [1.807, 2.05) is 18.2 Å². The molecular weight excluding hydrogens is 418 g/mol. The van der Waals surface area contributed by atoms with Gasteiger partial charge in [0.15, 0.2) is 0 Å². The number of aryl methyl sites for hydroxylation is 1. The van der Waals surface area contributed by atoms with Crippen LogP contribution in [0.3, 0.4) is 0 Å². The van der Waals surface area contributed by atoms with Crippen molar-refractivity contribution in [3.8, 4) is 5.75 Å². The Hall–Kier alpha value is -3.84. The number of methoxy groups -OCH3 is 1. The smallest absolute Gasteiger partial charge is 0.329 e. The Morgan fingerprint density at radius 2 is 1.91 bits per heavy atom. The Kier molecular flexibility index (Phi) is 5.26. The normalized spacial score (nSPS) is 21.5. The lowest BCUT2D eigenvalue weighted by Gasteiger charge is -2.43. The number of ether oxygens (including phenoxy) is 1. The Balaban J connectivity index is 1.59. The van der Waals surface area contributed by atoms with Crippen LogP contribution in [0.2, 0.25) is 0 Å². The van der Waals surface area contributed by atoms with E-state index >= 15 is 0 Å². The maximum absolute atomic E-state index is 13.8. The van der Waals surface area contributed by atoms with Crippen LogP contribution in [0.4, 0.5) is 16.2 Å². The summed E-state index contributed by atoms with van der Waals surface area (Å²) < 4.78 is 5.30. The molecule has 0 bridgehead atoms. The average molecular weight is 444 g/mol. The van der Waals surface area contributed by atoms with Crippen molar-refractivity contribution in [3.63, 3.8) is 0 Å². The quantitative estimate of drug-likeness (QED) is 0.567. The number of benzene rings is 3. The van der Waals surface area contributed by atoms with Crippen molar-refractivity contribution < 1.29 is 19.4 Å². The zero-order chi connectivity index (χ0) is 23.0. The third-order valence-electron chi connectivity index (χ3n) is 6.37. The fourth-order valence-electron chi connectivity index (χ4n) is 4.77. The lowest BCUT2D eigenvalue weighted by atomic mass is 9.87. The van der Waals surface area contributed by atoms with Crippen molar-refractivity contribution in [3.05, 3.63) is 89.5 Å². The van der Waals surface area contributed by atoms with Crippen molar-refractivity contribution in [2.75, 3.05) is 17.3 Å². The number of rotatable bonds is 4. The molecule has 0 radical (unpaired) electrons. The summed E-state index contributed by atoms with van der Waals surface area (Å²) in [6.07, 6.45) is 2.64. The molecule has 7 nitrogen and oxygen atoms in total. The Bertz CT molecular complexity index is 1230. The van der Waals surface area contributed by atoms with Gasteiger partial charge in [0.2, 0.25) is 0 Å². The first-order chi connectivity index (χ1) is 16.0. The molecule has 1 aliphatic heterocycles. The molecule has 0 aromatic heterocycles. The standard InChI is InChI=1S/C26H25N3O4/c1-33-19-11-7-10-18(16-19)29-25(31)28-23-14-5-4-13-21(23)26(29,32)24(30)27-22-15-6-9-17-8-2-3-12-20(17)22/h2-5,7-8,10-14,16,22,32H,6,9,15H2,1H3,(H,27,30)(H,28,31)/t22-,26-/m1/s1. The van der Waals surface area contributed by atoms with Crippen LogP contribution in [0.25, 0.3) is 0 Å². The van der Waals surface area contributed by atoms with Gasteiger partial charge in [-0.1, -0.05) is 48.5 Å². The van der Waals surface area contributed by atoms with E-state index in [2.05, 4.69) is 16.7 Å². The molecule has 0 spiro atoms. The number of para-hydroxylation sites is 1. The Labute approximate surface area is 192 Å². The second kappa shape index (κ2) is 8.26. The number of amides is 3. The van der Waals surface area contributed by atoms with Gasteiger partial charge in [-0.3, -0.25) is 9.69 Å². The highest BCUT2D eigenvalue weighted by Gasteiger charge is 2.52. The molecule has 168 valence electrons. The maximum Gasteiger partial charge on any atom is 0.329 e. The van der Waals surface area contributed by atoms with Gasteiger partial charge in [-0.25, -0.2) is 4.79 Å². The lowest BCUT2D eigenvalue weighted by molar-refractivity contribution is -0.141. The molecule has 3 aromatic rings. The van der Waals surface area contributed by atoms with E-state index in [4.69, 9.17) is 4.74 Å². The minimum Gasteiger partial charge on any atom is -0.497 e. The lowest BCUT2D eigenvalue weighted by Crippen LogP contribution is -2.63. The number of hydrogen-bond donors (Lipinski definition) is 3.